The van der Waals surface area contributed by atoms with Crippen LogP contribution >= 0.6 is 0 Å². The molecule has 1 N–H and O–H groups in total. The molecule has 1 rings (SSSR count). The Bertz CT molecular complexity index is 199. The zero-order valence-corrected chi connectivity index (χ0v) is 9.05. The Kier molecular flexibility index (Phi) is 2.96. The van der Waals surface area contributed by atoms with Crippen molar-refractivity contribution in [1.29, 1.82) is 5.41 Å². The number of ether oxygens (including phenoxy) is 1. The van der Waals surface area contributed by atoms with Crippen molar-refractivity contribution in [3.63, 3.8) is 0 Å². The van der Waals surface area contributed by atoms with Gasteiger partial charge in [-0.05, 0) is 13.8 Å². The Hall–Kier alpha value is -0.570. The van der Waals surface area contributed by atoms with Crippen LogP contribution in [0.25, 0.3) is 0 Å². The molecule has 3 nitrogen and oxygen atoms in total. The van der Waals surface area contributed by atoms with E-state index in [1.165, 1.54) is 0 Å². The maximum atomic E-state index is 7.88. The molecule has 0 aromatic carbocycles. The number of nitrogens with zero attached hydrogens (tertiary/aromatic N) is 1. The first-order chi connectivity index (χ1) is 5.92. The van der Waals surface area contributed by atoms with Crippen molar-refractivity contribution in [1.82, 2.24) is 4.90 Å². The molecule has 0 atom stereocenters. The molecular formula is C10H20N2O. The van der Waals surface area contributed by atoms with Crippen molar-refractivity contribution in [2.24, 2.45) is 5.92 Å². The number of amidine groups is 1. The van der Waals surface area contributed by atoms with Crippen molar-refractivity contribution >= 4 is 5.84 Å². The van der Waals surface area contributed by atoms with Gasteiger partial charge in [0.05, 0.1) is 18.0 Å². The summed E-state index contributed by atoms with van der Waals surface area (Å²) < 4.78 is 5.59. The molecular weight excluding hydrogens is 164 g/mol. The average Bonchev–Trinajstić information content (AvgIpc) is 2.01. The van der Waals surface area contributed by atoms with E-state index in [4.69, 9.17) is 10.1 Å². The molecule has 0 aromatic rings. The van der Waals surface area contributed by atoms with E-state index in [2.05, 4.69) is 32.6 Å². The van der Waals surface area contributed by atoms with Gasteiger partial charge in [0.25, 0.3) is 0 Å². The van der Waals surface area contributed by atoms with E-state index in [1.54, 1.807) is 0 Å². The Morgan fingerprint density at radius 3 is 2.54 bits per heavy atom. The van der Waals surface area contributed by atoms with Gasteiger partial charge in [-0.2, -0.15) is 0 Å². The molecule has 3 heteroatoms. The van der Waals surface area contributed by atoms with E-state index in [0.29, 0.717) is 5.92 Å². The SMILES string of the molecule is CC(C)C(=N)N1CCOC(C)(C)C1. The summed E-state index contributed by atoms with van der Waals surface area (Å²) in [5.41, 5.74) is -0.0978. The topological polar surface area (TPSA) is 36.3 Å². The Morgan fingerprint density at radius 1 is 1.46 bits per heavy atom. The predicted molar refractivity (Wildman–Crippen MR) is 54.2 cm³/mol. The molecule has 0 aromatic heterocycles. The lowest BCUT2D eigenvalue weighted by atomic mass is 10.1. The van der Waals surface area contributed by atoms with Crippen molar-refractivity contribution in [2.45, 2.75) is 33.3 Å². The Balaban J connectivity index is 2.57. The van der Waals surface area contributed by atoms with Crippen LogP contribution in [0.2, 0.25) is 0 Å². The summed E-state index contributed by atoms with van der Waals surface area (Å²) in [5.74, 6) is 1.05. The van der Waals surface area contributed by atoms with Gasteiger partial charge in [0.2, 0.25) is 0 Å². The van der Waals surface area contributed by atoms with Crippen LogP contribution in [0.15, 0.2) is 0 Å². The predicted octanol–water partition coefficient (Wildman–Crippen LogP) is 1.73. The normalized spacial score (nSPS) is 22.1. The molecule has 1 fully saturated rings. The summed E-state index contributed by atoms with van der Waals surface area (Å²) in [6.07, 6.45) is 0. The van der Waals surface area contributed by atoms with E-state index in [9.17, 15) is 0 Å². The van der Waals surface area contributed by atoms with Crippen molar-refractivity contribution in [2.75, 3.05) is 19.7 Å². The van der Waals surface area contributed by atoms with Crippen LogP contribution < -0.4 is 0 Å². The van der Waals surface area contributed by atoms with Crippen LogP contribution in [0.3, 0.4) is 0 Å². The van der Waals surface area contributed by atoms with E-state index in [-0.39, 0.29) is 5.60 Å². The van der Waals surface area contributed by atoms with E-state index < -0.39 is 0 Å². The third-order valence-corrected chi connectivity index (χ3v) is 2.31. The fourth-order valence-corrected chi connectivity index (χ4v) is 1.59. The number of hydrogen-bond acceptors (Lipinski definition) is 2. The van der Waals surface area contributed by atoms with Crippen LogP contribution in [0.4, 0.5) is 0 Å². The highest BCUT2D eigenvalue weighted by Gasteiger charge is 2.28. The van der Waals surface area contributed by atoms with E-state index in [0.717, 1.165) is 25.5 Å². The Morgan fingerprint density at radius 2 is 2.08 bits per heavy atom. The molecule has 1 saturated heterocycles. The highest BCUT2D eigenvalue weighted by Crippen LogP contribution is 2.17. The van der Waals surface area contributed by atoms with E-state index >= 15 is 0 Å². The molecule has 0 aliphatic carbocycles. The molecule has 1 heterocycles. The highest BCUT2D eigenvalue weighted by molar-refractivity contribution is 5.81. The van der Waals surface area contributed by atoms with Gasteiger partial charge in [-0.3, -0.25) is 5.41 Å². The summed E-state index contributed by atoms with van der Waals surface area (Å²) in [6, 6.07) is 0. The van der Waals surface area contributed by atoms with Crippen LogP contribution in [-0.2, 0) is 4.74 Å². The zero-order valence-electron chi connectivity index (χ0n) is 9.05. The minimum absolute atomic E-state index is 0.0978. The molecule has 0 unspecified atom stereocenters. The van der Waals surface area contributed by atoms with Gasteiger partial charge < -0.3 is 9.64 Å². The van der Waals surface area contributed by atoms with Gasteiger partial charge >= 0.3 is 0 Å². The second-order valence-corrected chi connectivity index (χ2v) is 4.57. The summed E-state index contributed by atoms with van der Waals surface area (Å²) >= 11 is 0. The van der Waals surface area contributed by atoms with E-state index in [1.807, 2.05) is 0 Å². The molecule has 0 amide bonds. The van der Waals surface area contributed by atoms with Crippen LogP contribution in [-0.4, -0.2) is 36.0 Å². The summed E-state index contributed by atoms with van der Waals surface area (Å²) in [5, 5.41) is 7.88. The van der Waals surface area contributed by atoms with Gasteiger partial charge in [0, 0.05) is 19.0 Å². The highest BCUT2D eigenvalue weighted by atomic mass is 16.5. The molecule has 76 valence electrons. The summed E-state index contributed by atoms with van der Waals surface area (Å²) in [4.78, 5) is 2.12. The molecule has 0 spiro atoms. The third kappa shape index (κ3) is 2.69. The molecule has 0 radical (unpaired) electrons. The van der Waals surface area contributed by atoms with Crippen LogP contribution in [0.1, 0.15) is 27.7 Å². The number of nitrogens with one attached hydrogen (secondary N) is 1. The number of rotatable bonds is 1. The fraction of sp³-hybridized carbons (Fsp3) is 0.900. The minimum Gasteiger partial charge on any atom is -0.372 e. The first-order valence-corrected chi connectivity index (χ1v) is 4.90. The van der Waals surface area contributed by atoms with Crippen molar-refractivity contribution < 1.29 is 4.74 Å². The lowest BCUT2D eigenvalue weighted by molar-refractivity contribution is -0.0688. The lowest BCUT2D eigenvalue weighted by Crippen LogP contribution is -2.51. The van der Waals surface area contributed by atoms with Crippen LogP contribution in [0.5, 0.6) is 0 Å². The smallest absolute Gasteiger partial charge is 0.0985 e. The molecule has 1 aliphatic rings. The molecule has 13 heavy (non-hydrogen) atoms. The number of hydrogen-bond donors (Lipinski definition) is 1. The standard InChI is InChI=1S/C10H20N2O/c1-8(2)9(11)12-5-6-13-10(3,4)7-12/h8,11H,5-7H2,1-4H3. The summed E-state index contributed by atoms with van der Waals surface area (Å²) in [6.45, 7) is 10.7. The van der Waals surface area contributed by atoms with Crippen molar-refractivity contribution in [3.8, 4) is 0 Å². The van der Waals surface area contributed by atoms with Gasteiger partial charge in [0.15, 0.2) is 0 Å². The quantitative estimate of drug-likeness (QED) is 0.497. The zero-order chi connectivity index (χ0) is 10.1. The average molecular weight is 184 g/mol. The fourth-order valence-electron chi connectivity index (χ4n) is 1.59. The first kappa shape index (κ1) is 10.5. The summed E-state index contributed by atoms with van der Waals surface area (Å²) in [7, 11) is 0. The molecule has 0 saturated carbocycles. The molecule has 1 aliphatic heterocycles. The maximum Gasteiger partial charge on any atom is 0.0985 e. The third-order valence-electron chi connectivity index (χ3n) is 2.31. The van der Waals surface area contributed by atoms with Gasteiger partial charge in [-0.25, -0.2) is 0 Å². The maximum absolute atomic E-state index is 7.88. The lowest BCUT2D eigenvalue weighted by Gasteiger charge is -2.40. The van der Waals surface area contributed by atoms with Crippen LogP contribution in [0, 0.1) is 11.3 Å². The largest absolute Gasteiger partial charge is 0.372 e. The van der Waals surface area contributed by atoms with Gasteiger partial charge in [0.1, 0.15) is 0 Å². The Labute approximate surface area is 80.6 Å². The van der Waals surface area contributed by atoms with Gasteiger partial charge in [-0.15, -0.1) is 0 Å². The second-order valence-electron chi connectivity index (χ2n) is 4.57. The second kappa shape index (κ2) is 3.66. The van der Waals surface area contributed by atoms with Gasteiger partial charge in [-0.1, -0.05) is 13.8 Å². The first-order valence-electron chi connectivity index (χ1n) is 4.90. The monoisotopic (exact) mass is 184 g/mol. The number of morpholine rings is 1. The molecule has 0 bridgehead atoms. The minimum atomic E-state index is -0.0978. The van der Waals surface area contributed by atoms with Crippen molar-refractivity contribution in [3.05, 3.63) is 0 Å².